The van der Waals surface area contributed by atoms with E-state index in [1.165, 1.54) is 32.1 Å². The van der Waals surface area contributed by atoms with Crippen LogP contribution in [0.4, 0.5) is 0 Å². The molecule has 0 aliphatic rings. The van der Waals surface area contributed by atoms with E-state index in [4.69, 9.17) is 4.74 Å². The first-order valence-electron chi connectivity index (χ1n) is 7.19. The number of rotatable bonds is 12. The van der Waals surface area contributed by atoms with Crippen LogP contribution in [0.1, 0.15) is 52.4 Å². The van der Waals surface area contributed by atoms with Gasteiger partial charge in [0, 0.05) is 6.54 Å². The van der Waals surface area contributed by atoms with Gasteiger partial charge in [-0.1, -0.05) is 25.7 Å². The van der Waals surface area contributed by atoms with Crippen LogP contribution in [0.5, 0.6) is 0 Å². The monoisotopic (exact) mass is 258 g/mol. The molecule has 0 aromatic heterocycles. The zero-order valence-electron chi connectivity index (χ0n) is 12.3. The molecule has 0 aromatic rings. The van der Waals surface area contributed by atoms with Gasteiger partial charge in [-0.05, 0) is 40.3 Å². The number of amides is 1. The smallest absolute Gasteiger partial charge is 0.246 e. The number of hydrogen-bond acceptors (Lipinski definition) is 3. The van der Waals surface area contributed by atoms with E-state index < -0.39 is 0 Å². The standard InChI is InChI=1S/C14H30N2O2/c1-13(2)18-12-14(17)16-11-9-7-5-4-6-8-10-15-3/h13,15H,4-12H2,1-3H3,(H,16,17). The summed E-state index contributed by atoms with van der Waals surface area (Å²) >= 11 is 0. The van der Waals surface area contributed by atoms with Crippen LogP contribution in [0, 0.1) is 0 Å². The van der Waals surface area contributed by atoms with Gasteiger partial charge in [0.1, 0.15) is 6.61 Å². The lowest BCUT2D eigenvalue weighted by molar-refractivity contribution is -0.127. The molecule has 0 saturated heterocycles. The van der Waals surface area contributed by atoms with Crippen molar-refractivity contribution in [2.75, 3.05) is 26.7 Å². The molecule has 0 atom stereocenters. The SMILES string of the molecule is CNCCCCCCCCNC(=O)COC(C)C. The first-order valence-corrected chi connectivity index (χ1v) is 7.19. The summed E-state index contributed by atoms with van der Waals surface area (Å²) in [6, 6.07) is 0. The Balaban J connectivity index is 3.12. The van der Waals surface area contributed by atoms with Crippen LogP contribution in [-0.2, 0) is 9.53 Å². The Morgan fingerprint density at radius 3 is 2.11 bits per heavy atom. The van der Waals surface area contributed by atoms with Gasteiger partial charge in [-0.15, -0.1) is 0 Å². The lowest BCUT2D eigenvalue weighted by atomic mass is 10.1. The minimum absolute atomic E-state index is 0.00211. The van der Waals surface area contributed by atoms with Gasteiger partial charge in [0.05, 0.1) is 6.10 Å². The summed E-state index contributed by atoms with van der Waals surface area (Å²) in [6.07, 6.45) is 7.52. The van der Waals surface area contributed by atoms with Gasteiger partial charge in [-0.3, -0.25) is 4.79 Å². The molecule has 0 spiro atoms. The third-order valence-corrected chi connectivity index (χ3v) is 2.72. The highest BCUT2D eigenvalue weighted by Crippen LogP contribution is 2.04. The average molecular weight is 258 g/mol. The molecule has 0 rings (SSSR count). The molecular weight excluding hydrogens is 228 g/mol. The summed E-state index contributed by atoms with van der Waals surface area (Å²) in [7, 11) is 1.99. The summed E-state index contributed by atoms with van der Waals surface area (Å²) in [5.41, 5.74) is 0. The summed E-state index contributed by atoms with van der Waals surface area (Å²) < 4.78 is 5.22. The zero-order chi connectivity index (χ0) is 13.6. The second-order valence-electron chi connectivity index (χ2n) is 4.93. The second kappa shape index (κ2) is 12.8. The minimum Gasteiger partial charge on any atom is -0.369 e. The molecule has 0 aromatic carbocycles. The summed E-state index contributed by atoms with van der Waals surface area (Å²) in [5.74, 6) is -0.00211. The van der Waals surface area contributed by atoms with Gasteiger partial charge in [0.15, 0.2) is 0 Å². The number of nitrogens with one attached hydrogen (secondary N) is 2. The highest BCUT2D eigenvalue weighted by Gasteiger charge is 2.01. The molecule has 0 aliphatic carbocycles. The highest BCUT2D eigenvalue weighted by molar-refractivity contribution is 5.77. The van der Waals surface area contributed by atoms with Crippen LogP contribution in [0.25, 0.3) is 0 Å². The zero-order valence-corrected chi connectivity index (χ0v) is 12.3. The largest absolute Gasteiger partial charge is 0.369 e. The van der Waals surface area contributed by atoms with E-state index in [0.717, 1.165) is 19.5 Å². The molecule has 0 saturated carbocycles. The van der Waals surface area contributed by atoms with Crippen molar-refractivity contribution >= 4 is 5.91 Å². The van der Waals surface area contributed by atoms with Gasteiger partial charge < -0.3 is 15.4 Å². The molecule has 0 fully saturated rings. The average Bonchev–Trinajstić information content (AvgIpc) is 2.34. The maximum atomic E-state index is 11.3. The third-order valence-electron chi connectivity index (χ3n) is 2.72. The van der Waals surface area contributed by atoms with E-state index in [-0.39, 0.29) is 18.6 Å². The second-order valence-corrected chi connectivity index (χ2v) is 4.93. The van der Waals surface area contributed by atoms with E-state index in [1.807, 2.05) is 20.9 Å². The minimum atomic E-state index is -0.00211. The molecule has 0 heterocycles. The third kappa shape index (κ3) is 13.5. The van der Waals surface area contributed by atoms with Gasteiger partial charge in [-0.2, -0.15) is 0 Å². The van der Waals surface area contributed by atoms with Crippen molar-refractivity contribution in [1.29, 1.82) is 0 Å². The Bertz CT molecular complexity index is 196. The molecule has 0 unspecified atom stereocenters. The van der Waals surface area contributed by atoms with Crippen molar-refractivity contribution in [2.24, 2.45) is 0 Å². The Labute approximate surface area is 112 Å². The Morgan fingerprint density at radius 2 is 1.56 bits per heavy atom. The normalized spacial score (nSPS) is 10.9. The molecule has 4 nitrogen and oxygen atoms in total. The lowest BCUT2D eigenvalue weighted by Gasteiger charge is -2.08. The number of unbranched alkanes of at least 4 members (excludes halogenated alkanes) is 5. The molecule has 1 amide bonds. The Hall–Kier alpha value is -0.610. The summed E-state index contributed by atoms with van der Waals surface area (Å²) in [4.78, 5) is 11.3. The lowest BCUT2D eigenvalue weighted by Crippen LogP contribution is -2.29. The number of carbonyl (C=O) groups is 1. The number of ether oxygens (including phenoxy) is 1. The Morgan fingerprint density at radius 1 is 1.00 bits per heavy atom. The quantitative estimate of drug-likeness (QED) is 0.527. The van der Waals surface area contributed by atoms with Crippen LogP contribution >= 0.6 is 0 Å². The van der Waals surface area contributed by atoms with Gasteiger partial charge in [0.25, 0.3) is 0 Å². The molecule has 0 radical (unpaired) electrons. The van der Waals surface area contributed by atoms with Gasteiger partial charge >= 0.3 is 0 Å². The van der Waals surface area contributed by atoms with Crippen molar-refractivity contribution < 1.29 is 9.53 Å². The molecule has 18 heavy (non-hydrogen) atoms. The van der Waals surface area contributed by atoms with Crippen molar-refractivity contribution in [3.63, 3.8) is 0 Å². The van der Waals surface area contributed by atoms with E-state index in [9.17, 15) is 4.79 Å². The fourth-order valence-electron chi connectivity index (χ4n) is 1.66. The van der Waals surface area contributed by atoms with Crippen LogP contribution in [-0.4, -0.2) is 38.8 Å². The van der Waals surface area contributed by atoms with Crippen molar-refractivity contribution in [2.45, 2.75) is 58.5 Å². The molecular formula is C14H30N2O2. The molecule has 4 heteroatoms. The van der Waals surface area contributed by atoms with Crippen LogP contribution < -0.4 is 10.6 Å². The van der Waals surface area contributed by atoms with Crippen LogP contribution in [0.3, 0.4) is 0 Å². The van der Waals surface area contributed by atoms with E-state index in [1.54, 1.807) is 0 Å². The van der Waals surface area contributed by atoms with E-state index in [0.29, 0.717) is 0 Å². The predicted molar refractivity (Wildman–Crippen MR) is 75.7 cm³/mol. The van der Waals surface area contributed by atoms with E-state index >= 15 is 0 Å². The number of carbonyl (C=O) groups excluding carboxylic acids is 1. The molecule has 0 aliphatic heterocycles. The Kier molecular flexibility index (Phi) is 12.4. The fraction of sp³-hybridized carbons (Fsp3) is 0.929. The summed E-state index contributed by atoms with van der Waals surface area (Å²) in [5, 5.41) is 6.03. The van der Waals surface area contributed by atoms with Crippen molar-refractivity contribution in [3.8, 4) is 0 Å². The number of hydrogen-bond donors (Lipinski definition) is 2. The van der Waals surface area contributed by atoms with Crippen molar-refractivity contribution in [1.82, 2.24) is 10.6 Å². The van der Waals surface area contributed by atoms with Crippen LogP contribution in [0.15, 0.2) is 0 Å². The highest BCUT2D eigenvalue weighted by atomic mass is 16.5. The molecule has 108 valence electrons. The predicted octanol–water partition coefficient (Wildman–Crippen LogP) is 2.09. The van der Waals surface area contributed by atoms with Crippen LogP contribution in [0.2, 0.25) is 0 Å². The van der Waals surface area contributed by atoms with E-state index in [2.05, 4.69) is 10.6 Å². The fourth-order valence-corrected chi connectivity index (χ4v) is 1.66. The van der Waals surface area contributed by atoms with Gasteiger partial charge in [-0.25, -0.2) is 0 Å². The van der Waals surface area contributed by atoms with Crippen molar-refractivity contribution in [3.05, 3.63) is 0 Å². The molecule has 0 bridgehead atoms. The molecule has 2 N–H and O–H groups in total. The van der Waals surface area contributed by atoms with Gasteiger partial charge in [0.2, 0.25) is 5.91 Å². The maximum Gasteiger partial charge on any atom is 0.246 e. The first-order chi connectivity index (χ1) is 8.66. The first kappa shape index (κ1) is 17.4. The summed E-state index contributed by atoms with van der Waals surface area (Å²) in [6.45, 7) is 5.94. The topological polar surface area (TPSA) is 50.4 Å². The maximum absolute atomic E-state index is 11.3.